The molecule has 0 fully saturated rings. The van der Waals surface area contributed by atoms with E-state index in [0.717, 1.165) is 18.7 Å². The molecule has 0 atom stereocenters. The van der Waals surface area contributed by atoms with Crippen molar-refractivity contribution < 1.29 is 4.74 Å². The largest absolute Gasteiger partial charge is 0.382 e. The summed E-state index contributed by atoms with van der Waals surface area (Å²) < 4.78 is 5.19. The lowest BCUT2D eigenvalue weighted by atomic mass is 10.1. The summed E-state index contributed by atoms with van der Waals surface area (Å²) in [7, 11) is 1.72. The highest BCUT2D eigenvalue weighted by molar-refractivity contribution is 5.49. The summed E-state index contributed by atoms with van der Waals surface area (Å²) in [5.74, 6) is 0.976. The van der Waals surface area contributed by atoms with E-state index in [4.69, 9.17) is 4.74 Å². The highest BCUT2D eigenvalue weighted by atomic mass is 16.5. The van der Waals surface area contributed by atoms with Gasteiger partial charge in [0.15, 0.2) is 0 Å². The molecule has 4 heteroatoms. The molecule has 1 heterocycles. The maximum Gasteiger partial charge on any atom is 0.133 e. The van der Waals surface area contributed by atoms with Crippen LogP contribution in [0.5, 0.6) is 0 Å². The third-order valence-electron chi connectivity index (χ3n) is 2.84. The zero-order chi connectivity index (χ0) is 11.6. The van der Waals surface area contributed by atoms with Gasteiger partial charge in [0.05, 0.1) is 12.1 Å². The van der Waals surface area contributed by atoms with Crippen molar-refractivity contribution in [2.24, 2.45) is 0 Å². The fraction of sp³-hybridized carbons (Fsp3) is 0.667. The zero-order valence-electron chi connectivity index (χ0n) is 10.2. The predicted molar refractivity (Wildman–Crippen MR) is 63.6 cm³/mol. The minimum Gasteiger partial charge on any atom is -0.382 e. The van der Waals surface area contributed by atoms with Crippen LogP contribution in [0.15, 0.2) is 6.33 Å². The van der Waals surface area contributed by atoms with Gasteiger partial charge in [0.1, 0.15) is 12.1 Å². The molecule has 0 bridgehead atoms. The number of methoxy groups -OCH3 is 1. The van der Waals surface area contributed by atoms with Crippen molar-refractivity contribution in [3.8, 4) is 0 Å². The number of nitrogens with one attached hydrogen (secondary N) is 1. The highest BCUT2D eigenvalue weighted by Gasteiger charge is 2.22. The number of aromatic nitrogens is 2. The maximum absolute atomic E-state index is 5.19. The van der Waals surface area contributed by atoms with E-state index in [9.17, 15) is 0 Å². The molecule has 2 rings (SSSR count). The number of fused-ring (bicyclic) bond motifs is 1. The van der Waals surface area contributed by atoms with Crippen molar-refractivity contribution in [1.29, 1.82) is 0 Å². The third-order valence-corrected chi connectivity index (χ3v) is 2.84. The van der Waals surface area contributed by atoms with E-state index in [1.54, 1.807) is 13.4 Å². The van der Waals surface area contributed by atoms with E-state index in [0.29, 0.717) is 6.61 Å². The fourth-order valence-electron chi connectivity index (χ4n) is 2.18. The molecule has 4 nitrogen and oxygen atoms in total. The standard InChI is InChI=1S/C12H19N3O/c1-12(2,7-16-3)15-11-9-5-4-6-10(9)13-8-14-11/h8H,4-7H2,1-3H3,(H,13,14,15). The Morgan fingerprint density at radius 1 is 1.38 bits per heavy atom. The Hall–Kier alpha value is -1.16. The van der Waals surface area contributed by atoms with Gasteiger partial charge in [-0.05, 0) is 33.1 Å². The number of anilines is 1. The molecule has 1 aromatic rings. The van der Waals surface area contributed by atoms with Gasteiger partial charge in [-0.2, -0.15) is 0 Å². The second-order valence-corrected chi connectivity index (χ2v) is 4.94. The minimum atomic E-state index is -0.0978. The topological polar surface area (TPSA) is 47.0 Å². The summed E-state index contributed by atoms with van der Waals surface area (Å²) in [5.41, 5.74) is 2.39. The molecule has 16 heavy (non-hydrogen) atoms. The van der Waals surface area contributed by atoms with Gasteiger partial charge in [0.25, 0.3) is 0 Å². The summed E-state index contributed by atoms with van der Waals surface area (Å²) in [6, 6.07) is 0. The zero-order valence-corrected chi connectivity index (χ0v) is 10.2. The van der Waals surface area contributed by atoms with Crippen molar-refractivity contribution in [1.82, 2.24) is 9.97 Å². The number of nitrogens with zero attached hydrogens (tertiary/aromatic N) is 2. The molecule has 1 N–H and O–H groups in total. The van der Waals surface area contributed by atoms with Gasteiger partial charge in [-0.25, -0.2) is 9.97 Å². The van der Waals surface area contributed by atoms with Crippen molar-refractivity contribution in [3.63, 3.8) is 0 Å². The molecule has 0 amide bonds. The van der Waals surface area contributed by atoms with Crippen LogP contribution < -0.4 is 5.32 Å². The average molecular weight is 221 g/mol. The summed E-state index contributed by atoms with van der Waals surface area (Å²) in [5, 5.41) is 3.44. The van der Waals surface area contributed by atoms with Gasteiger partial charge < -0.3 is 10.1 Å². The molecule has 0 unspecified atom stereocenters. The summed E-state index contributed by atoms with van der Waals surface area (Å²) in [6.07, 6.45) is 5.00. The molecule has 0 aromatic carbocycles. The Bertz CT molecular complexity index is 377. The summed E-state index contributed by atoms with van der Waals surface area (Å²) in [4.78, 5) is 8.65. The molecule has 1 aliphatic rings. The van der Waals surface area contributed by atoms with Crippen LogP contribution in [0.4, 0.5) is 5.82 Å². The lowest BCUT2D eigenvalue weighted by Gasteiger charge is -2.26. The number of rotatable bonds is 4. The Balaban J connectivity index is 2.19. The monoisotopic (exact) mass is 221 g/mol. The fourth-order valence-corrected chi connectivity index (χ4v) is 2.18. The first-order chi connectivity index (χ1) is 7.62. The number of hydrogen-bond donors (Lipinski definition) is 1. The molecule has 0 spiro atoms. The Kier molecular flexibility index (Phi) is 3.10. The molecule has 1 aliphatic carbocycles. The van der Waals surface area contributed by atoms with Crippen molar-refractivity contribution in [2.45, 2.75) is 38.6 Å². The van der Waals surface area contributed by atoms with Gasteiger partial charge >= 0.3 is 0 Å². The lowest BCUT2D eigenvalue weighted by Crippen LogP contribution is -2.36. The quantitative estimate of drug-likeness (QED) is 0.842. The van der Waals surface area contributed by atoms with Gasteiger partial charge in [-0.1, -0.05) is 0 Å². The van der Waals surface area contributed by atoms with E-state index in [-0.39, 0.29) is 5.54 Å². The maximum atomic E-state index is 5.19. The molecule has 0 aliphatic heterocycles. The van der Waals surface area contributed by atoms with Crippen LogP contribution in [0.25, 0.3) is 0 Å². The number of aryl methyl sites for hydroxylation is 1. The van der Waals surface area contributed by atoms with Gasteiger partial charge in [-0.15, -0.1) is 0 Å². The van der Waals surface area contributed by atoms with Gasteiger partial charge in [-0.3, -0.25) is 0 Å². The van der Waals surface area contributed by atoms with Crippen LogP contribution in [0.2, 0.25) is 0 Å². The van der Waals surface area contributed by atoms with E-state index in [1.807, 2.05) is 0 Å². The minimum absolute atomic E-state index is 0.0978. The van der Waals surface area contributed by atoms with E-state index in [1.165, 1.54) is 17.7 Å². The predicted octanol–water partition coefficient (Wildman–Crippen LogP) is 1.80. The first-order valence-corrected chi connectivity index (χ1v) is 5.72. The SMILES string of the molecule is COCC(C)(C)Nc1ncnc2c1CCC2. The second-order valence-electron chi connectivity index (χ2n) is 4.94. The van der Waals surface area contributed by atoms with Crippen LogP contribution in [-0.2, 0) is 17.6 Å². The Morgan fingerprint density at radius 2 is 2.19 bits per heavy atom. The molecule has 0 saturated heterocycles. The molecule has 88 valence electrons. The second kappa shape index (κ2) is 4.37. The van der Waals surface area contributed by atoms with Crippen LogP contribution in [0, 0.1) is 0 Å². The first-order valence-electron chi connectivity index (χ1n) is 5.72. The van der Waals surface area contributed by atoms with Crippen LogP contribution in [0.1, 0.15) is 31.5 Å². The van der Waals surface area contributed by atoms with Crippen molar-refractivity contribution in [2.75, 3.05) is 19.0 Å². The smallest absolute Gasteiger partial charge is 0.133 e. The lowest BCUT2D eigenvalue weighted by molar-refractivity contribution is 0.158. The Labute approximate surface area is 96.4 Å². The Morgan fingerprint density at radius 3 is 2.94 bits per heavy atom. The number of hydrogen-bond acceptors (Lipinski definition) is 4. The van der Waals surface area contributed by atoms with Crippen molar-refractivity contribution in [3.05, 3.63) is 17.6 Å². The molecule has 0 saturated carbocycles. The summed E-state index contributed by atoms with van der Waals surface area (Å²) in [6.45, 7) is 4.88. The van der Waals surface area contributed by atoms with Crippen LogP contribution >= 0.6 is 0 Å². The average Bonchev–Trinajstić information content (AvgIpc) is 2.65. The van der Waals surface area contributed by atoms with E-state index in [2.05, 4.69) is 29.1 Å². The molecular weight excluding hydrogens is 202 g/mol. The molecule has 1 aromatic heterocycles. The van der Waals surface area contributed by atoms with E-state index >= 15 is 0 Å². The van der Waals surface area contributed by atoms with Crippen LogP contribution in [-0.4, -0.2) is 29.2 Å². The first kappa shape index (κ1) is 11.3. The number of ether oxygens (including phenoxy) is 1. The third kappa shape index (κ3) is 2.32. The molecular formula is C12H19N3O. The normalized spacial score (nSPS) is 14.9. The molecule has 0 radical (unpaired) electrons. The van der Waals surface area contributed by atoms with Crippen LogP contribution in [0.3, 0.4) is 0 Å². The van der Waals surface area contributed by atoms with Gasteiger partial charge in [0, 0.05) is 18.4 Å². The van der Waals surface area contributed by atoms with Crippen molar-refractivity contribution >= 4 is 5.82 Å². The summed E-state index contributed by atoms with van der Waals surface area (Å²) >= 11 is 0. The highest BCUT2D eigenvalue weighted by Crippen LogP contribution is 2.26. The van der Waals surface area contributed by atoms with E-state index < -0.39 is 0 Å². The van der Waals surface area contributed by atoms with Gasteiger partial charge in [0.2, 0.25) is 0 Å².